The van der Waals surface area contributed by atoms with E-state index in [1.807, 2.05) is 24.3 Å². The zero-order valence-corrected chi connectivity index (χ0v) is 19.3. The van der Waals surface area contributed by atoms with E-state index >= 15 is 0 Å². The second kappa shape index (κ2) is 12.8. The van der Waals surface area contributed by atoms with Crippen LogP contribution in [0.15, 0.2) is 132 Å². The maximum absolute atomic E-state index is 4.73. The van der Waals surface area contributed by atoms with Crippen LogP contribution in [0.4, 0.5) is 0 Å². The molecule has 0 fully saturated rings. The number of hydrazone groups is 2. The summed E-state index contributed by atoms with van der Waals surface area (Å²) in [5.41, 5.74) is 4.90. The van der Waals surface area contributed by atoms with Gasteiger partial charge in [-0.2, -0.15) is 10.2 Å². The topological polar surface area (TPSA) is 31.2 Å². The molecule has 0 N–H and O–H groups in total. The van der Waals surface area contributed by atoms with Crippen LogP contribution in [0.25, 0.3) is 0 Å². The number of benzene rings is 4. The van der Waals surface area contributed by atoms with Crippen LogP contribution in [0.2, 0.25) is 0 Å². The monoisotopic (exact) mass is 446 g/mol. The Morgan fingerprint density at radius 2 is 0.618 bits per heavy atom. The highest BCUT2D eigenvalue weighted by atomic mass is 15.5. The Bertz CT molecular complexity index is 966. The zero-order chi connectivity index (χ0) is 23.3. The third-order valence-corrected chi connectivity index (χ3v) is 5.36. The molecule has 0 saturated carbocycles. The fourth-order valence-electron chi connectivity index (χ4n) is 3.70. The SMILES string of the molecule is C(/C=N/N(Cc1ccccc1)Cc1ccccc1)=N\N(Cc1ccccc1)Cc1ccccc1. The van der Waals surface area contributed by atoms with Gasteiger partial charge >= 0.3 is 0 Å². The normalized spacial score (nSPS) is 11.2. The highest BCUT2D eigenvalue weighted by Crippen LogP contribution is 2.11. The molecule has 34 heavy (non-hydrogen) atoms. The largest absolute Gasteiger partial charge is 0.288 e. The molecule has 0 aliphatic heterocycles. The highest BCUT2D eigenvalue weighted by molar-refractivity contribution is 6.15. The van der Waals surface area contributed by atoms with Crippen LogP contribution in [0, 0.1) is 0 Å². The average Bonchev–Trinajstić information content (AvgIpc) is 2.89. The van der Waals surface area contributed by atoms with Gasteiger partial charge in [0.1, 0.15) is 0 Å². The number of hydrogen-bond donors (Lipinski definition) is 0. The van der Waals surface area contributed by atoms with E-state index in [0.717, 1.165) is 26.2 Å². The van der Waals surface area contributed by atoms with Crippen molar-refractivity contribution in [2.45, 2.75) is 26.2 Å². The second-order valence-electron chi connectivity index (χ2n) is 8.12. The first kappa shape index (κ1) is 23.0. The molecule has 0 atom stereocenters. The minimum Gasteiger partial charge on any atom is -0.288 e. The lowest BCUT2D eigenvalue weighted by molar-refractivity contribution is 0.270. The summed E-state index contributed by atoms with van der Waals surface area (Å²) in [5, 5.41) is 13.6. The molecule has 0 amide bonds. The molecule has 4 aromatic carbocycles. The smallest absolute Gasteiger partial charge is 0.0671 e. The van der Waals surface area contributed by atoms with Crippen molar-refractivity contribution in [3.8, 4) is 0 Å². The zero-order valence-electron chi connectivity index (χ0n) is 19.3. The maximum Gasteiger partial charge on any atom is 0.0671 e. The van der Waals surface area contributed by atoms with Gasteiger partial charge in [-0.1, -0.05) is 121 Å². The lowest BCUT2D eigenvalue weighted by Gasteiger charge is -2.20. The summed E-state index contributed by atoms with van der Waals surface area (Å²) in [6.45, 7) is 2.94. The van der Waals surface area contributed by atoms with Crippen molar-refractivity contribution in [3.63, 3.8) is 0 Å². The molecule has 0 spiro atoms. The summed E-state index contributed by atoms with van der Waals surface area (Å²) < 4.78 is 0. The van der Waals surface area contributed by atoms with Gasteiger partial charge in [0.25, 0.3) is 0 Å². The standard InChI is InChI=1S/C30H30N4/c1-5-13-27(14-6-1)23-33(24-28-15-7-2-8-16-28)31-21-22-32-34(25-29-17-9-3-10-18-29)26-30-19-11-4-12-20-30/h1-22H,23-26H2/b31-21+,32-22+. The van der Waals surface area contributed by atoms with E-state index in [0.29, 0.717) is 0 Å². The quantitative estimate of drug-likeness (QED) is 0.198. The molecular formula is C30H30N4. The van der Waals surface area contributed by atoms with Crippen molar-refractivity contribution in [1.29, 1.82) is 0 Å². The Morgan fingerprint density at radius 3 is 0.853 bits per heavy atom. The number of rotatable bonds is 11. The minimum absolute atomic E-state index is 0.734. The molecule has 0 bridgehead atoms. The molecule has 0 radical (unpaired) electrons. The molecule has 4 rings (SSSR count). The van der Waals surface area contributed by atoms with Gasteiger partial charge in [-0.05, 0) is 22.3 Å². The Labute approximate surface area is 202 Å². The minimum atomic E-state index is 0.734. The predicted molar refractivity (Wildman–Crippen MR) is 141 cm³/mol. The van der Waals surface area contributed by atoms with Gasteiger partial charge in [-0.25, -0.2) is 0 Å². The number of hydrogen-bond acceptors (Lipinski definition) is 4. The van der Waals surface area contributed by atoms with Crippen molar-refractivity contribution in [3.05, 3.63) is 144 Å². The van der Waals surface area contributed by atoms with Gasteiger partial charge in [-0.15, -0.1) is 0 Å². The van der Waals surface area contributed by atoms with E-state index in [9.17, 15) is 0 Å². The van der Waals surface area contributed by atoms with E-state index in [4.69, 9.17) is 10.2 Å². The molecule has 0 aliphatic carbocycles. The Morgan fingerprint density at radius 1 is 0.382 bits per heavy atom. The van der Waals surface area contributed by atoms with Crippen LogP contribution in [0.3, 0.4) is 0 Å². The third kappa shape index (κ3) is 7.75. The Hall–Kier alpha value is -4.18. The summed E-state index contributed by atoms with van der Waals surface area (Å²) in [6.07, 6.45) is 3.57. The molecule has 170 valence electrons. The van der Waals surface area contributed by atoms with Crippen LogP contribution in [-0.4, -0.2) is 22.4 Å². The van der Waals surface area contributed by atoms with Crippen LogP contribution in [0.5, 0.6) is 0 Å². The summed E-state index contributed by atoms with van der Waals surface area (Å²) in [4.78, 5) is 0. The van der Waals surface area contributed by atoms with Crippen molar-refractivity contribution in [1.82, 2.24) is 10.0 Å². The first-order valence-electron chi connectivity index (χ1n) is 11.6. The van der Waals surface area contributed by atoms with Crippen molar-refractivity contribution < 1.29 is 0 Å². The average molecular weight is 447 g/mol. The highest BCUT2D eigenvalue weighted by Gasteiger charge is 2.05. The summed E-state index contributed by atoms with van der Waals surface area (Å²) in [7, 11) is 0. The molecule has 0 aliphatic rings. The van der Waals surface area contributed by atoms with E-state index in [-0.39, 0.29) is 0 Å². The van der Waals surface area contributed by atoms with Crippen molar-refractivity contribution in [2.24, 2.45) is 10.2 Å². The van der Waals surface area contributed by atoms with E-state index in [1.165, 1.54) is 22.3 Å². The van der Waals surface area contributed by atoms with Gasteiger partial charge in [0.2, 0.25) is 0 Å². The molecular weight excluding hydrogens is 416 g/mol. The molecule has 4 aromatic rings. The summed E-state index contributed by atoms with van der Waals surface area (Å²) >= 11 is 0. The fraction of sp³-hybridized carbons (Fsp3) is 0.133. The second-order valence-corrected chi connectivity index (χ2v) is 8.12. The van der Waals surface area contributed by atoms with Crippen LogP contribution < -0.4 is 0 Å². The molecule has 0 unspecified atom stereocenters. The van der Waals surface area contributed by atoms with Crippen molar-refractivity contribution in [2.75, 3.05) is 0 Å². The first-order chi connectivity index (χ1) is 16.8. The molecule has 4 heteroatoms. The summed E-state index contributed by atoms with van der Waals surface area (Å²) in [5.74, 6) is 0. The van der Waals surface area contributed by atoms with Crippen LogP contribution in [-0.2, 0) is 26.2 Å². The number of nitrogens with zero attached hydrogens (tertiary/aromatic N) is 4. The molecule has 0 saturated heterocycles. The molecule has 0 heterocycles. The summed E-state index contributed by atoms with van der Waals surface area (Å²) in [6, 6.07) is 41.7. The first-order valence-corrected chi connectivity index (χ1v) is 11.6. The van der Waals surface area contributed by atoms with Crippen LogP contribution in [0.1, 0.15) is 22.3 Å². The van der Waals surface area contributed by atoms with E-state index in [1.54, 1.807) is 12.4 Å². The van der Waals surface area contributed by atoms with Gasteiger partial charge < -0.3 is 0 Å². The lowest BCUT2D eigenvalue weighted by atomic mass is 10.2. The Balaban J connectivity index is 1.46. The van der Waals surface area contributed by atoms with Gasteiger partial charge in [0, 0.05) is 0 Å². The fourth-order valence-corrected chi connectivity index (χ4v) is 3.70. The van der Waals surface area contributed by atoms with E-state index in [2.05, 4.69) is 107 Å². The van der Waals surface area contributed by atoms with E-state index < -0.39 is 0 Å². The molecule has 4 nitrogen and oxygen atoms in total. The third-order valence-electron chi connectivity index (χ3n) is 5.36. The van der Waals surface area contributed by atoms with Gasteiger partial charge in [0.05, 0.1) is 38.6 Å². The van der Waals surface area contributed by atoms with Crippen LogP contribution >= 0.6 is 0 Å². The maximum atomic E-state index is 4.73. The van der Waals surface area contributed by atoms with Gasteiger partial charge in [-0.3, -0.25) is 10.0 Å². The predicted octanol–water partition coefficient (Wildman–Crippen LogP) is 6.36. The van der Waals surface area contributed by atoms with Gasteiger partial charge in [0.15, 0.2) is 0 Å². The Kier molecular flexibility index (Phi) is 8.63. The lowest BCUT2D eigenvalue weighted by Crippen LogP contribution is -2.18. The van der Waals surface area contributed by atoms with Crippen molar-refractivity contribution >= 4 is 12.4 Å². The molecule has 0 aromatic heterocycles.